The number of morpholine rings is 1. The van der Waals surface area contributed by atoms with E-state index in [2.05, 4.69) is 10.2 Å². The van der Waals surface area contributed by atoms with Gasteiger partial charge in [0, 0.05) is 42.3 Å². The topological polar surface area (TPSA) is 93.6 Å². The van der Waals surface area contributed by atoms with Crippen LogP contribution in [0.3, 0.4) is 0 Å². The molecule has 3 rings (SSSR count). The van der Waals surface area contributed by atoms with Crippen molar-refractivity contribution >= 4 is 23.0 Å². The Balaban J connectivity index is 1.74. The summed E-state index contributed by atoms with van der Waals surface area (Å²) in [4.78, 5) is 14.7. The van der Waals surface area contributed by atoms with Gasteiger partial charge in [0.15, 0.2) is 0 Å². The highest BCUT2D eigenvalue weighted by molar-refractivity contribution is 6.05. The number of amides is 1. The highest BCUT2D eigenvalue weighted by Gasteiger charge is 2.13. The summed E-state index contributed by atoms with van der Waals surface area (Å²) in [5.74, 6) is -0.162. The third-order valence-electron chi connectivity index (χ3n) is 4.11. The fraction of sp³-hybridized carbons (Fsp3) is 0.278. The van der Waals surface area contributed by atoms with Crippen molar-refractivity contribution in [3.8, 4) is 0 Å². The van der Waals surface area contributed by atoms with Crippen LogP contribution in [0.25, 0.3) is 0 Å². The van der Waals surface area contributed by atoms with Crippen molar-refractivity contribution in [3.05, 3.63) is 53.6 Å². The maximum absolute atomic E-state index is 12.5. The van der Waals surface area contributed by atoms with Crippen LogP contribution in [0.5, 0.6) is 0 Å². The van der Waals surface area contributed by atoms with E-state index in [0.717, 1.165) is 24.3 Å². The Bertz CT molecular complexity index is 727. The molecule has 1 aliphatic rings. The van der Waals surface area contributed by atoms with Crippen molar-refractivity contribution in [2.75, 3.05) is 42.3 Å². The Morgan fingerprint density at radius 3 is 2.67 bits per heavy atom. The number of benzene rings is 2. The SMILES string of the molecule is NCc1ccc(NC(=O)c2cccc(N3CCOCC3)c2)cc1N. The largest absolute Gasteiger partial charge is 0.398 e. The van der Waals surface area contributed by atoms with Crippen molar-refractivity contribution in [1.29, 1.82) is 0 Å². The monoisotopic (exact) mass is 326 g/mol. The molecule has 1 aliphatic heterocycles. The highest BCUT2D eigenvalue weighted by atomic mass is 16.5. The van der Waals surface area contributed by atoms with Crippen LogP contribution < -0.4 is 21.7 Å². The van der Waals surface area contributed by atoms with Gasteiger partial charge in [-0.15, -0.1) is 0 Å². The maximum Gasteiger partial charge on any atom is 0.255 e. The van der Waals surface area contributed by atoms with E-state index in [1.54, 1.807) is 12.1 Å². The van der Waals surface area contributed by atoms with Crippen molar-refractivity contribution in [1.82, 2.24) is 0 Å². The normalized spacial score (nSPS) is 14.5. The lowest BCUT2D eigenvalue weighted by Gasteiger charge is -2.29. The molecule has 1 fully saturated rings. The quantitative estimate of drug-likeness (QED) is 0.745. The molecule has 6 nitrogen and oxygen atoms in total. The van der Waals surface area contributed by atoms with Gasteiger partial charge >= 0.3 is 0 Å². The molecule has 6 heteroatoms. The van der Waals surface area contributed by atoms with Crippen LogP contribution >= 0.6 is 0 Å². The molecule has 0 saturated carbocycles. The second-order valence-corrected chi connectivity index (χ2v) is 5.72. The van der Waals surface area contributed by atoms with E-state index >= 15 is 0 Å². The predicted octanol–water partition coefficient (Wildman–Crippen LogP) is 1.82. The third-order valence-corrected chi connectivity index (χ3v) is 4.11. The van der Waals surface area contributed by atoms with Gasteiger partial charge in [-0.3, -0.25) is 4.79 Å². The number of hydrogen-bond donors (Lipinski definition) is 3. The maximum atomic E-state index is 12.5. The molecule has 0 atom stereocenters. The third kappa shape index (κ3) is 3.67. The molecule has 0 spiro atoms. The number of carbonyl (C=O) groups excluding carboxylic acids is 1. The minimum atomic E-state index is -0.162. The Hall–Kier alpha value is -2.57. The van der Waals surface area contributed by atoms with Gasteiger partial charge in [-0.1, -0.05) is 12.1 Å². The number of nitrogens with zero attached hydrogens (tertiary/aromatic N) is 1. The first-order chi connectivity index (χ1) is 11.7. The molecule has 5 N–H and O–H groups in total. The summed E-state index contributed by atoms with van der Waals surface area (Å²) < 4.78 is 5.37. The first-order valence-electron chi connectivity index (χ1n) is 8.00. The number of anilines is 3. The standard InChI is InChI=1S/C18H22N4O2/c19-12-14-4-5-15(11-17(14)20)21-18(23)13-2-1-3-16(10-13)22-6-8-24-9-7-22/h1-5,10-11H,6-9,12,19-20H2,(H,21,23). The van der Waals surface area contributed by atoms with Crippen molar-refractivity contribution in [3.63, 3.8) is 0 Å². The lowest BCUT2D eigenvalue weighted by Crippen LogP contribution is -2.36. The Labute approximate surface area is 141 Å². The summed E-state index contributed by atoms with van der Waals surface area (Å²) in [5, 5.41) is 2.88. The van der Waals surface area contributed by atoms with Crippen LogP contribution in [0, 0.1) is 0 Å². The van der Waals surface area contributed by atoms with E-state index in [1.165, 1.54) is 0 Å². The molecule has 24 heavy (non-hydrogen) atoms. The minimum absolute atomic E-state index is 0.162. The van der Waals surface area contributed by atoms with E-state index in [4.69, 9.17) is 16.2 Å². The summed E-state index contributed by atoms with van der Waals surface area (Å²) in [5.41, 5.74) is 15.3. The van der Waals surface area contributed by atoms with E-state index in [-0.39, 0.29) is 5.91 Å². The van der Waals surface area contributed by atoms with Gasteiger partial charge in [-0.25, -0.2) is 0 Å². The van der Waals surface area contributed by atoms with Crippen LogP contribution in [0.2, 0.25) is 0 Å². The van der Waals surface area contributed by atoms with Gasteiger partial charge in [0.1, 0.15) is 0 Å². The first kappa shape index (κ1) is 16.3. The number of nitrogen functional groups attached to an aromatic ring is 1. The molecule has 0 aromatic heterocycles. The molecule has 0 unspecified atom stereocenters. The molecular weight excluding hydrogens is 304 g/mol. The van der Waals surface area contributed by atoms with E-state index in [1.807, 2.05) is 30.3 Å². The lowest BCUT2D eigenvalue weighted by atomic mass is 10.1. The predicted molar refractivity (Wildman–Crippen MR) is 96.2 cm³/mol. The molecule has 2 aromatic carbocycles. The summed E-state index contributed by atoms with van der Waals surface area (Å²) >= 11 is 0. The van der Waals surface area contributed by atoms with Crippen LogP contribution in [0.4, 0.5) is 17.1 Å². The second-order valence-electron chi connectivity index (χ2n) is 5.72. The zero-order valence-electron chi connectivity index (χ0n) is 13.5. The average molecular weight is 326 g/mol. The number of nitrogens with two attached hydrogens (primary N) is 2. The first-order valence-corrected chi connectivity index (χ1v) is 8.00. The van der Waals surface area contributed by atoms with E-state index < -0.39 is 0 Å². The zero-order chi connectivity index (χ0) is 16.9. The van der Waals surface area contributed by atoms with Crippen LogP contribution in [0.1, 0.15) is 15.9 Å². The van der Waals surface area contributed by atoms with Gasteiger partial charge in [-0.2, -0.15) is 0 Å². The number of carbonyl (C=O) groups is 1. The van der Waals surface area contributed by atoms with Crippen LogP contribution in [-0.4, -0.2) is 32.2 Å². The summed E-state index contributed by atoms with van der Waals surface area (Å²) in [7, 11) is 0. The van der Waals surface area contributed by atoms with Crippen molar-refractivity contribution < 1.29 is 9.53 Å². The van der Waals surface area contributed by atoms with Gasteiger partial charge in [0.25, 0.3) is 5.91 Å². The van der Waals surface area contributed by atoms with Gasteiger partial charge in [0.2, 0.25) is 0 Å². The molecular formula is C18H22N4O2. The molecule has 0 bridgehead atoms. The highest BCUT2D eigenvalue weighted by Crippen LogP contribution is 2.21. The molecule has 0 radical (unpaired) electrons. The van der Waals surface area contributed by atoms with Crippen molar-refractivity contribution in [2.45, 2.75) is 6.54 Å². The molecule has 1 saturated heterocycles. The minimum Gasteiger partial charge on any atom is -0.398 e. The number of nitrogens with one attached hydrogen (secondary N) is 1. The summed E-state index contributed by atoms with van der Waals surface area (Å²) in [6, 6.07) is 13.0. The number of rotatable bonds is 4. The Morgan fingerprint density at radius 2 is 1.96 bits per heavy atom. The molecule has 1 heterocycles. The van der Waals surface area contributed by atoms with E-state index in [0.29, 0.717) is 36.7 Å². The Morgan fingerprint density at radius 1 is 1.17 bits per heavy atom. The second kappa shape index (κ2) is 7.33. The fourth-order valence-electron chi connectivity index (χ4n) is 2.73. The van der Waals surface area contributed by atoms with Gasteiger partial charge in [-0.05, 0) is 35.9 Å². The molecule has 126 valence electrons. The van der Waals surface area contributed by atoms with Crippen LogP contribution in [0.15, 0.2) is 42.5 Å². The van der Waals surface area contributed by atoms with Gasteiger partial charge in [0.05, 0.1) is 13.2 Å². The molecule has 2 aromatic rings. The summed E-state index contributed by atoms with van der Waals surface area (Å²) in [6.45, 7) is 3.47. The average Bonchev–Trinajstić information content (AvgIpc) is 2.63. The smallest absolute Gasteiger partial charge is 0.255 e. The molecule has 1 amide bonds. The van der Waals surface area contributed by atoms with Crippen LogP contribution in [-0.2, 0) is 11.3 Å². The van der Waals surface area contributed by atoms with E-state index in [9.17, 15) is 4.79 Å². The Kier molecular flexibility index (Phi) is 4.98. The zero-order valence-corrected chi connectivity index (χ0v) is 13.5. The number of ether oxygens (including phenoxy) is 1. The summed E-state index contributed by atoms with van der Waals surface area (Å²) in [6.07, 6.45) is 0. The lowest BCUT2D eigenvalue weighted by molar-refractivity contribution is 0.102. The fourth-order valence-corrected chi connectivity index (χ4v) is 2.73. The van der Waals surface area contributed by atoms with Crippen molar-refractivity contribution in [2.24, 2.45) is 5.73 Å². The number of hydrogen-bond acceptors (Lipinski definition) is 5. The van der Waals surface area contributed by atoms with Gasteiger partial charge < -0.3 is 26.4 Å². The molecule has 0 aliphatic carbocycles.